The molecule has 1 rings (SSSR count). The molecule has 2 atom stereocenters. The van der Waals surface area contributed by atoms with Gasteiger partial charge in [-0.1, -0.05) is 6.92 Å². The maximum absolute atomic E-state index is 5.24. The van der Waals surface area contributed by atoms with E-state index in [4.69, 9.17) is 4.74 Å². The second-order valence-corrected chi connectivity index (χ2v) is 5.66. The Hall–Kier alpha value is -0.120. The summed E-state index contributed by atoms with van der Waals surface area (Å²) in [7, 11) is 1.77. The molecule has 2 unspecified atom stereocenters. The van der Waals surface area contributed by atoms with Gasteiger partial charge < -0.3 is 15.0 Å². The summed E-state index contributed by atoms with van der Waals surface area (Å²) in [4.78, 5) is 2.56. The van der Waals surface area contributed by atoms with Gasteiger partial charge in [0.1, 0.15) is 0 Å². The van der Waals surface area contributed by atoms with E-state index < -0.39 is 0 Å². The minimum absolute atomic E-state index is 0.0908. The molecule has 0 aromatic rings. The Kier molecular flexibility index (Phi) is 5.22. The van der Waals surface area contributed by atoms with Crippen LogP contribution in [0, 0.1) is 0 Å². The number of ether oxygens (including phenoxy) is 1. The third-order valence-corrected chi connectivity index (χ3v) is 3.52. The van der Waals surface area contributed by atoms with Crippen LogP contribution in [0.4, 0.5) is 0 Å². The van der Waals surface area contributed by atoms with Gasteiger partial charge in [0.05, 0.1) is 6.61 Å². The van der Waals surface area contributed by atoms with Crippen LogP contribution in [0.25, 0.3) is 0 Å². The van der Waals surface area contributed by atoms with Crippen LogP contribution >= 0.6 is 0 Å². The summed E-state index contributed by atoms with van der Waals surface area (Å²) in [5.41, 5.74) is 0.0908. The molecule has 3 heteroatoms. The van der Waals surface area contributed by atoms with Crippen LogP contribution in [-0.2, 0) is 4.74 Å². The molecule has 1 N–H and O–H groups in total. The smallest absolute Gasteiger partial charge is 0.0639 e. The third kappa shape index (κ3) is 4.04. The molecule has 16 heavy (non-hydrogen) atoms. The molecule has 1 saturated heterocycles. The molecule has 3 nitrogen and oxygen atoms in total. The fourth-order valence-corrected chi connectivity index (χ4v) is 2.78. The summed E-state index contributed by atoms with van der Waals surface area (Å²) in [6.45, 7) is 12.2. The maximum Gasteiger partial charge on any atom is 0.0639 e. The highest BCUT2D eigenvalue weighted by atomic mass is 16.5. The average Bonchev–Trinajstić information content (AvgIpc) is 2.17. The van der Waals surface area contributed by atoms with Gasteiger partial charge in [0.25, 0.3) is 0 Å². The molecule has 0 saturated carbocycles. The van der Waals surface area contributed by atoms with Crippen LogP contribution in [0.15, 0.2) is 0 Å². The number of nitrogens with zero attached hydrogens (tertiary/aromatic N) is 1. The summed E-state index contributed by atoms with van der Waals surface area (Å²) < 4.78 is 5.24. The Morgan fingerprint density at radius 2 is 2.12 bits per heavy atom. The van der Waals surface area contributed by atoms with E-state index in [1.165, 1.54) is 25.9 Å². The van der Waals surface area contributed by atoms with E-state index in [0.29, 0.717) is 12.1 Å². The van der Waals surface area contributed by atoms with E-state index in [1.807, 2.05) is 0 Å². The molecular weight excluding hydrogens is 200 g/mol. The Morgan fingerprint density at radius 1 is 1.44 bits per heavy atom. The zero-order valence-corrected chi connectivity index (χ0v) is 11.5. The normalized spacial score (nSPS) is 28.3. The van der Waals surface area contributed by atoms with E-state index in [-0.39, 0.29) is 5.54 Å². The van der Waals surface area contributed by atoms with Gasteiger partial charge in [-0.15, -0.1) is 0 Å². The van der Waals surface area contributed by atoms with Gasteiger partial charge in [0.15, 0.2) is 0 Å². The number of nitrogens with one attached hydrogen (secondary N) is 1. The van der Waals surface area contributed by atoms with Crippen molar-refractivity contribution in [2.45, 2.75) is 58.2 Å². The predicted octanol–water partition coefficient (Wildman–Crippen LogP) is 1.87. The quantitative estimate of drug-likeness (QED) is 0.777. The number of hydrogen-bond acceptors (Lipinski definition) is 3. The monoisotopic (exact) mass is 228 g/mol. The molecular formula is C13H28N2O. The first-order chi connectivity index (χ1) is 7.48. The van der Waals surface area contributed by atoms with Gasteiger partial charge in [-0.2, -0.15) is 0 Å². The topological polar surface area (TPSA) is 24.5 Å². The van der Waals surface area contributed by atoms with E-state index >= 15 is 0 Å². The lowest BCUT2D eigenvalue weighted by Crippen LogP contribution is -2.54. The molecule has 0 radical (unpaired) electrons. The first kappa shape index (κ1) is 13.9. The largest absolute Gasteiger partial charge is 0.383 e. The van der Waals surface area contributed by atoms with Crippen LogP contribution < -0.4 is 5.32 Å². The molecule has 0 bridgehead atoms. The van der Waals surface area contributed by atoms with Crippen molar-refractivity contribution in [2.24, 2.45) is 0 Å². The standard InChI is InChI=1S/C13H28N2O/c1-6-15-8-7-12(9-11(15)2)14-13(3,4)10-16-5/h11-12,14H,6-10H2,1-5H3. The lowest BCUT2D eigenvalue weighted by atomic mass is 9.95. The van der Waals surface area contributed by atoms with Gasteiger partial charge in [0, 0.05) is 24.7 Å². The van der Waals surface area contributed by atoms with Crippen LogP contribution in [0.2, 0.25) is 0 Å². The maximum atomic E-state index is 5.24. The predicted molar refractivity (Wildman–Crippen MR) is 68.8 cm³/mol. The zero-order chi connectivity index (χ0) is 12.2. The number of rotatable bonds is 5. The van der Waals surface area contributed by atoms with Gasteiger partial charge in [-0.05, 0) is 46.7 Å². The Labute approximate surface area is 101 Å². The van der Waals surface area contributed by atoms with E-state index in [0.717, 1.165) is 6.61 Å². The highest BCUT2D eigenvalue weighted by Crippen LogP contribution is 2.19. The Morgan fingerprint density at radius 3 is 2.62 bits per heavy atom. The minimum Gasteiger partial charge on any atom is -0.383 e. The Bertz CT molecular complexity index is 206. The second-order valence-electron chi connectivity index (χ2n) is 5.66. The lowest BCUT2D eigenvalue weighted by molar-refractivity contribution is 0.0910. The molecule has 1 aliphatic rings. The highest BCUT2D eigenvalue weighted by molar-refractivity contribution is 4.88. The summed E-state index contributed by atoms with van der Waals surface area (Å²) in [5.74, 6) is 0. The number of methoxy groups -OCH3 is 1. The fraction of sp³-hybridized carbons (Fsp3) is 1.00. The van der Waals surface area contributed by atoms with E-state index in [9.17, 15) is 0 Å². The van der Waals surface area contributed by atoms with Gasteiger partial charge >= 0.3 is 0 Å². The first-order valence-corrected chi connectivity index (χ1v) is 6.49. The van der Waals surface area contributed by atoms with Gasteiger partial charge in [0.2, 0.25) is 0 Å². The summed E-state index contributed by atoms with van der Waals surface area (Å²) >= 11 is 0. The Balaban J connectivity index is 2.40. The zero-order valence-electron chi connectivity index (χ0n) is 11.5. The first-order valence-electron chi connectivity index (χ1n) is 6.49. The van der Waals surface area contributed by atoms with Crippen molar-refractivity contribution in [1.29, 1.82) is 0 Å². The van der Waals surface area contributed by atoms with Crippen molar-refractivity contribution in [3.8, 4) is 0 Å². The number of hydrogen-bond donors (Lipinski definition) is 1. The molecule has 0 spiro atoms. The number of piperidine rings is 1. The third-order valence-electron chi connectivity index (χ3n) is 3.52. The number of likely N-dealkylation sites (tertiary alicyclic amines) is 1. The molecule has 0 aliphatic carbocycles. The van der Waals surface area contributed by atoms with Gasteiger partial charge in [-0.3, -0.25) is 0 Å². The molecule has 0 aromatic carbocycles. The van der Waals surface area contributed by atoms with Crippen molar-refractivity contribution in [3.05, 3.63) is 0 Å². The van der Waals surface area contributed by atoms with Crippen molar-refractivity contribution < 1.29 is 4.74 Å². The summed E-state index contributed by atoms with van der Waals surface area (Å²) in [5, 5.41) is 3.72. The molecule has 1 heterocycles. The van der Waals surface area contributed by atoms with Crippen LogP contribution in [0.5, 0.6) is 0 Å². The van der Waals surface area contributed by atoms with Crippen LogP contribution in [0.1, 0.15) is 40.5 Å². The summed E-state index contributed by atoms with van der Waals surface area (Å²) in [6, 6.07) is 1.34. The second kappa shape index (κ2) is 5.99. The highest BCUT2D eigenvalue weighted by Gasteiger charge is 2.28. The SMILES string of the molecule is CCN1CCC(NC(C)(C)COC)CC1C. The average molecular weight is 228 g/mol. The molecule has 0 amide bonds. The fourth-order valence-electron chi connectivity index (χ4n) is 2.78. The minimum atomic E-state index is 0.0908. The van der Waals surface area contributed by atoms with Crippen molar-refractivity contribution in [1.82, 2.24) is 10.2 Å². The van der Waals surface area contributed by atoms with Crippen LogP contribution in [-0.4, -0.2) is 49.3 Å². The van der Waals surface area contributed by atoms with Crippen molar-refractivity contribution in [2.75, 3.05) is 26.8 Å². The van der Waals surface area contributed by atoms with E-state index in [1.54, 1.807) is 7.11 Å². The molecule has 1 fully saturated rings. The van der Waals surface area contributed by atoms with E-state index in [2.05, 4.69) is 37.9 Å². The van der Waals surface area contributed by atoms with Gasteiger partial charge in [-0.25, -0.2) is 0 Å². The molecule has 96 valence electrons. The summed E-state index contributed by atoms with van der Waals surface area (Å²) in [6.07, 6.45) is 2.51. The van der Waals surface area contributed by atoms with Crippen molar-refractivity contribution in [3.63, 3.8) is 0 Å². The molecule has 1 aliphatic heterocycles. The lowest BCUT2D eigenvalue weighted by Gasteiger charge is -2.40. The van der Waals surface area contributed by atoms with Crippen molar-refractivity contribution >= 4 is 0 Å². The van der Waals surface area contributed by atoms with Crippen LogP contribution in [0.3, 0.4) is 0 Å². The molecule has 0 aromatic heterocycles.